The van der Waals surface area contributed by atoms with Gasteiger partial charge in [0.2, 0.25) is 0 Å². The van der Waals surface area contributed by atoms with Gasteiger partial charge in [0.05, 0.1) is 31.4 Å². The van der Waals surface area contributed by atoms with Crippen LogP contribution in [-0.2, 0) is 19.1 Å². The number of esters is 1. The zero-order valence-electron chi connectivity index (χ0n) is 21.0. The van der Waals surface area contributed by atoms with Gasteiger partial charge in [0.1, 0.15) is 11.9 Å². The zero-order chi connectivity index (χ0) is 27.2. The lowest BCUT2D eigenvalue weighted by Crippen LogP contribution is -2.49. The molecule has 0 aliphatic carbocycles. The van der Waals surface area contributed by atoms with Crippen molar-refractivity contribution in [2.45, 2.75) is 19.1 Å². The summed E-state index contributed by atoms with van der Waals surface area (Å²) in [6, 6.07) is 3.54. The Bertz CT molecular complexity index is 1220. The summed E-state index contributed by atoms with van der Waals surface area (Å²) >= 11 is 4.85. The first kappa shape index (κ1) is 28.3. The lowest BCUT2D eigenvalue weighted by Gasteiger charge is -2.36. The minimum absolute atomic E-state index is 0.0819. The fourth-order valence-corrected chi connectivity index (χ4v) is 5.62. The second-order valence-electron chi connectivity index (χ2n) is 8.94. The van der Waals surface area contributed by atoms with Gasteiger partial charge in [0, 0.05) is 47.9 Å². The molecule has 13 heteroatoms. The van der Waals surface area contributed by atoms with E-state index in [4.69, 9.17) is 19.6 Å². The number of carboxylic acids is 1. The van der Waals surface area contributed by atoms with Gasteiger partial charge >= 0.3 is 11.9 Å². The summed E-state index contributed by atoms with van der Waals surface area (Å²) in [6.07, 6.45) is 1.48. The summed E-state index contributed by atoms with van der Waals surface area (Å²) < 4.78 is 25.7. The molecule has 1 aromatic heterocycles. The van der Waals surface area contributed by atoms with Crippen molar-refractivity contribution in [1.29, 1.82) is 0 Å². The van der Waals surface area contributed by atoms with E-state index in [9.17, 15) is 14.0 Å². The lowest BCUT2D eigenvalue weighted by molar-refractivity contribution is -0.139. The van der Waals surface area contributed by atoms with Gasteiger partial charge in [-0.3, -0.25) is 19.6 Å². The molecule has 10 nitrogen and oxygen atoms in total. The summed E-state index contributed by atoms with van der Waals surface area (Å²) in [4.78, 5) is 37.4. The van der Waals surface area contributed by atoms with E-state index in [1.807, 2.05) is 5.38 Å². The van der Waals surface area contributed by atoms with Crippen molar-refractivity contribution in [1.82, 2.24) is 20.1 Å². The van der Waals surface area contributed by atoms with Crippen molar-refractivity contribution in [3.63, 3.8) is 0 Å². The van der Waals surface area contributed by atoms with E-state index in [-0.39, 0.29) is 19.3 Å². The number of aliphatic imine (C=N–C) groups is 1. The van der Waals surface area contributed by atoms with Crippen molar-refractivity contribution in [3.8, 4) is 0 Å². The number of nitrogens with one attached hydrogen (secondary N) is 1. The van der Waals surface area contributed by atoms with Crippen LogP contribution in [0.3, 0.4) is 0 Å². The predicted molar refractivity (Wildman–Crippen MR) is 144 cm³/mol. The van der Waals surface area contributed by atoms with E-state index in [2.05, 4.69) is 31.1 Å². The van der Waals surface area contributed by atoms with E-state index in [0.29, 0.717) is 64.9 Å². The molecule has 1 saturated heterocycles. The molecule has 2 aliphatic rings. The monoisotopic (exact) mass is 609 g/mol. The molecule has 0 radical (unpaired) electrons. The Kier molecular flexibility index (Phi) is 9.60. The van der Waals surface area contributed by atoms with E-state index in [1.165, 1.54) is 23.5 Å². The molecule has 2 aromatic rings. The molecule has 0 saturated carbocycles. The number of hydrogen-bond acceptors (Lipinski definition) is 10. The Labute approximate surface area is 232 Å². The topological polar surface area (TPSA) is 117 Å². The van der Waals surface area contributed by atoms with Crippen LogP contribution in [0, 0.1) is 5.82 Å². The Morgan fingerprint density at radius 3 is 2.92 bits per heavy atom. The number of halogens is 2. The maximum Gasteiger partial charge on any atom is 0.338 e. The van der Waals surface area contributed by atoms with Crippen molar-refractivity contribution in [2.24, 2.45) is 4.99 Å². The lowest BCUT2D eigenvalue weighted by atomic mass is 9.95. The first-order valence-corrected chi connectivity index (χ1v) is 13.8. The molecule has 0 bridgehead atoms. The molecule has 3 heterocycles. The van der Waals surface area contributed by atoms with Gasteiger partial charge in [-0.1, -0.05) is 22.0 Å². The maximum atomic E-state index is 13.9. The van der Waals surface area contributed by atoms with Crippen LogP contribution in [-0.4, -0.2) is 96.8 Å². The van der Waals surface area contributed by atoms with Gasteiger partial charge < -0.3 is 19.9 Å². The first-order valence-electron chi connectivity index (χ1n) is 12.1. The Hall–Kier alpha value is -2.71. The number of aromatic nitrogens is 1. The number of morpholine rings is 1. The minimum atomic E-state index is -0.900. The number of nitrogens with zero attached hydrogens (tertiary/aromatic N) is 4. The highest BCUT2D eigenvalue weighted by Crippen LogP contribution is 2.37. The maximum absolute atomic E-state index is 13.9. The zero-order valence-corrected chi connectivity index (χ0v) is 23.4. The fourth-order valence-electron chi connectivity index (χ4n) is 4.47. The van der Waals surface area contributed by atoms with Crippen LogP contribution in [0.1, 0.15) is 23.5 Å². The van der Waals surface area contributed by atoms with Gasteiger partial charge in [0.25, 0.3) is 0 Å². The number of likely N-dealkylation sites (N-methyl/N-ethyl adjacent to an activating group) is 1. The fraction of sp³-hybridized carbons (Fsp3) is 0.440. The summed E-state index contributed by atoms with van der Waals surface area (Å²) in [7, 11) is 1.74. The highest BCUT2D eigenvalue weighted by atomic mass is 79.9. The molecule has 2 atom stereocenters. The number of thiazole rings is 1. The van der Waals surface area contributed by atoms with Gasteiger partial charge in [-0.15, -0.1) is 11.3 Å². The van der Waals surface area contributed by atoms with E-state index in [1.54, 1.807) is 31.1 Å². The molecule has 0 spiro atoms. The van der Waals surface area contributed by atoms with Gasteiger partial charge in [0.15, 0.2) is 10.8 Å². The van der Waals surface area contributed by atoms with Crippen molar-refractivity contribution in [2.75, 3.05) is 53.0 Å². The molecule has 204 valence electrons. The molecule has 2 aliphatic heterocycles. The molecule has 1 aromatic carbocycles. The Morgan fingerprint density at radius 1 is 1.42 bits per heavy atom. The number of carbonyl (C=O) groups is 2. The molecule has 2 N–H and O–H groups in total. The average Bonchev–Trinajstić information content (AvgIpc) is 3.38. The molecule has 2 unspecified atom stereocenters. The Morgan fingerprint density at radius 2 is 2.24 bits per heavy atom. The highest BCUT2D eigenvalue weighted by Gasteiger charge is 2.35. The second kappa shape index (κ2) is 12.9. The number of carbonyl (C=O) groups excluding carboxylic acids is 1. The van der Waals surface area contributed by atoms with Crippen LogP contribution >= 0.6 is 27.3 Å². The van der Waals surface area contributed by atoms with Crippen molar-refractivity contribution in [3.05, 3.63) is 61.9 Å². The number of hydrogen-bond donors (Lipinski definition) is 2. The van der Waals surface area contributed by atoms with Crippen LogP contribution in [0.2, 0.25) is 0 Å². The van der Waals surface area contributed by atoms with Crippen LogP contribution in [0.15, 0.2) is 50.5 Å². The third-order valence-corrected chi connectivity index (χ3v) is 7.51. The molecular weight excluding hydrogens is 581 g/mol. The SMILES string of the molecule is CCOC(=O)C1=C(CN2CCOC(CN(C)CC(=O)O)C2)NC(c2nccs2)=NC1c1ccc(F)cc1Br. The van der Waals surface area contributed by atoms with Gasteiger partial charge in [-0.2, -0.15) is 0 Å². The average molecular weight is 611 g/mol. The number of ether oxygens (including phenoxy) is 2. The van der Waals surface area contributed by atoms with E-state index < -0.39 is 23.8 Å². The van der Waals surface area contributed by atoms with E-state index in [0.717, 1.165) is 0 Å². The number of rotatable bonds is 10. The number of aliphatic carboxylic acids is 1. The molecule has 0 amide bonds. The van der Waals surface area contributed by atoms with Gasteiger partial charge in [-0.05, 0) is 31.7 Å². The second-order valence-corrected chi connectivity index (χ2v) is 10.7. The smallest absolute Gasteiger partial charge is 0.338 e. The summed E-state index contributed by atoms with van der Waals surface area (Å²) in [5.41, 5.74) is 1.58. The predicted octanol–water partition coefficient (Wildman–Crippen LogP) is 2.67. The van der Waals surface area contributed by atoms with Crippen molar-refractivity contribution >= 4 is 45.0 Å². The van der Waals surface area contributed by atoms with Crippen LogP contribution in [0.4, 0.5) is 4.39 Å². The third kappa shape index (κ3) is 7.03. The number of amidine groups is 1. The summed E-state index contributed by atoms with van der Waals surface area (Å²) in [6.45, 7) is 4.30. The quantitative estimate of drug-likeness (QED) is 0.392. The Balaban J connectivity index is 1.68. The molecule has 38 heavy (non-hydrogen) atoms. The normalized spacial score (nSPS) is 20.3. The van der Waals surface area contributed by atoms with Crippen LogP contribution < -0.4 is 5.32 Å². The van der Waals surface area contributed by atoms with Gasteiger partial charge in [-0.25, -0.2) is 14.2 Å². The number of benzene rings is 1. The molecular formula is C25H29BrFN5O5S. The minimum Gasteiger partial charge on any atom is -0.480 e. The highest BCUT2D eigenvalue weighted by molar-refractivity contribution is 9.10. The standard InChI is InChI=1S/C25H29BrFN5O5S/c1-3-36-25(35)21-19(13-32-7-8-37-16(12-32)11-31(2)14-20(33)34)29-23(24-28-6-9-38-24)30-22(21)17-5-4-15(27)10-18(17)26/h4-6,9-10,16,22H,3,7-8,11-14H2,1-2H3,(H,29,30)(H,33,34). The van der Waals surface area contributed by atoms with E-state index >= 15 is 0 Å². The summed E-state index contributed by atoms with van der Waals surface area (Å²) in [5.74, 6) is -1.31. The van der Waals surface area contributed by atoms with Crippen LogP contribution in [0.25, 0.3) is 0 Å². The van der Waals surface area contributed by atoms with Crippen molar-refractivity contribution < 1.29 is 28.6 Å². The largest absolute Gasteiger partial charge is 0.480 e. The van der Waals surface area contributed by atoms with Crippen LogP contribution in [0.5, 0.6) is 0 Å². The molecule has 4 rings (SSSR count). The first-order chi connectivity index (χ1) is 18.2. The number of carboxylic acid groups (broad SMARTS) is 1. The third-order valence-electron chi connectivity index (χ3n) is 6.04. The summed E-state index contributed by atoms with van der Waals surface area (Å²) in [5, 5.41) is 14.9. The molecule has 1 fully saturated rings.